The van der Waals surface area contributed by atoms with Gasteiger partial charge < -0.3 is 19.1 Å². The van der Waals surface area contributed by atoms with Gasteiger partial charge in [-0.2, -0.15) is 0 Å². The van der Waals surface area contributed by atoms with Gasteiger partial charge in [0.1, 0.15) is 5.69 Å². The van der Waals surface area contributed by atoms with E-state index in [4.69, 9.17) is 14.2 Å². The first kappa shape index (κ1) is 21.7. The molecule has 0 atom stereocenters. The Hall–Kier alpha value is -1.51. The predicted molar refractivity (Wildman–Crippen MR) is 111 cm³/mol. The molecule has 2 aliphatic heterocycles. The van der Waals surface area contributed by atoms with E-state index in [9.17, 15) is 4.79 Å². The Morgan fingerprint density at radius 1 is 1.20 bits per heavy atom. The van der Waals surface area contributed by atoms with E-state index in [-0.39, 0.29) is 17.6 Å². The van der Waals surface area contributed by atoms with Gasteiger partial charge in [0.05, 0.1) is 50.4 Å². The van der Waals surface area contributed by atoms with Crippen molar-refractivity contribution in [3.05, 3.63) is 11.4 Å². The predicted octanol–water partition coefficient (Wildman–Crippen LogP) is 2.69. The number of fused-ring (bicyclic) bond motifs is 1. The van der Waals surface area contributed by atoms with Crippen LogP contribution in [0.25, 0.3) is 0 Å². The summed E-state index contributed by atoms with van der Waals surface area (Å²) < 4.78 is 19.5. The van der Waals surface area contributed by atoms with E-state index >= 15 is 0 Å². The van der Waals surface area contributed by atoms with E-state index in [0.29, 0.717) is 38.9 Å². The first-order valence-electron chi connectivity index (χ1n) is 11.6. The van der Waals surface area contributed by atoms with E-state index in [0.717, 1.165) is 50.2 Å². The van der Waals surface area contributed by atoms with Crippen molar-refractivity contribution < 1.29 is 19.0 Å². The molecule has 30 heavy (non-hydrogen) atoms. The minimum absolute atomic E-state index is 0.213. The molecule has 1 aromatic heterocycles. The number of carbonyl (C=O) groups is 1. The molecule has 2 fully saturated rings. The van der Waals surface area contributed by atoms with Gasteiger partial charge >= 0.3 is 0 Å². The molecule has 1 saturated heterocycles. The quantitative estimate of drug-likeness (QED) is 0.631. The molecule has 0 aromatic carbocycles. The summed E-state index contributed by atoms with van der Waals surface area (Å²) in [6, 6.07) is 0. The molecule has 1 saturated carbocycles. The van der Waals surface area contributed by atoms with Crippen molar-refractivity contribution in [1.29, 1.82) is 0 Å². The van der Waals surface area contributed by atoms with Crippen molar-refractivity contribution in [2.24, 2.45) is 5.92 Å². The summed E-state index contributed by atoms with van der Waals surface area (Å²) in [6.45, 7) is 8.35. The molecule has 168 valence electrons. The normalized spacial score (nSPS) is 21.9. The molecule has 4 rings (SSSR count). The second kappa shape index (κ2) is 9.75. The van der Waals surface area contributed by atoms with Crippen molar-refractivity contribution in [2.75, 3.05) is 26.3 Å². The standard InChI is InChI=1S/C22H36N4O4/c1-17(2)29-13-12-28-14-19-20-15-30-22(16-26(20)24-23-19)8-10-25(11-9-22)21(27)18-6-4-3-5-7-18/h17-18H,3-16H2,1-2H3. The van der Waals surface area contributed by atoms with Crippen LogP contribution in [0.5, 0.6) is 0 Å². The second-order valence-corrected chi connectivity index (χ2v) is 9.24. The molecule has 0 bridgehead atoms. The highest BCUT2D eigenvalue weighted by atomic mass is 16.5. The Kier molecular flexibility index (Phi) is 7.05. The van der Waals surface area contributed by atoms with E-state index in [1.807, 2.05) is 18.5 Å². The number of carbonyl (C=O) groups excluding carboxylic acids is 1. The smallest absolute Gasteiger partial charge is 0.225 e. The van der Waals surface area contributed by atoms with Gasteiger partial charge in [-0.25, -0.2) is 4.68 Å². The van der Waals surface area contributed by atoms with Gasteiger partial charge in [0.15, 0.2) is 0 Å². The van der Waals surface area contributed by atoms with Crippen LogP contribution in [-0.4, -0.2) is 63.8 Å². The molecule has 1 aromatic rings. The van der Waals surface area contributed by atoms with Gasteiger partial charge in [0.25, 0.3) is 0 Å². The molecule has 0 unspecified atom stereocenters. The molecule has 1 amide bonds. The SMILES string of the molecule is CC(C)OCCOCc1nnn2c1COC1(CCN(C(=O)C3CCCCC3)CC1)C2. The Morgan fingerprint density at radius 2 is 1.97 bits per heavy atom. The summed E-state index contributed by atoms with van der Waals surface area (Å²) in [5, 5.41) is 8.67. The third kappa shape index (κ3) is 5.03. The largest absolute Gasteiger partial charge is 0.376 e. The van der Waals surface area contributed by atoms with E-state index in [1.165, 1.54) is 19.3 Å². The second-order valence-electron chi connectivity index (χ2n) is 9.24. The highest BCUT2D eigenvalue weighted by Gasteiger charge is 2.42. The van der Waals surface area contributed by atoms with Crippen molar-refractivity contribution in [3.63, 3.8) is 0 Å². The van der Waals surface area contributed by atoms with Crippen LogP contribution in [0.4, 0.5) is 0 Å². The fraction of sp³-hybridized carbons (Fsp3) is 0.864. The number of aromatic nitrogens is 3. The Morgan fingerprint density at radius 3 is 2.70 bits per heavy atom. The Bertz CT molecular complexity index is 706. The number of piperidine rings is 1. The average molecular weight is 421 g/mol. The number of hydrogen-bond acceptors (Lipinski definition) is 6. The molecule has 3 aliphatic rings. The Labute approximate surface area is 179 Å². The fourth-order valence-corrected chi connectivity index (χ4v) is 4.86. The monoisotopic (exact) mass is 420 g/mol. The summed E-state index contributed by atoms with van der Waals surface area (Å²) in [4.78, 5) is 14.9. The van der Waals surface area contributed by atoms with Gasteiger partial charge in [-0.3, -0.25) is 4.79 Å². The summed E-state index contributed by atoms with van der Waals surface area (Å²) in [5.41, 5.74) is 1.62. The zero-order valence-electron chi connectivity index (χ0n) is 18.5. The van der Waals surface area contributed by atoms with Gasteiger partial charge in [-0.15, -0.1) is 5.10 Å². The number of amides is 1. The maximum Gasteiger partial charge on any atom is 0.225 e. The molecule has 8 nitrogen and oxygen atoms in total. The summed E-state index contributed by atoms with van der Waals surface area (Å²) >= 11 is 0. The molecule has 1 aliphatic carbocycles. The number of ether oxygens (including phenoxy) is 3. The fourth-order valence-electron chi connectivity index (χ4n) is 4.86. The van der Waals surface area contributed by atoms with Crippen LogP contribution >= 0.6 is 0 Å². The lowest BCUT2D eigenvalue weighted by molar-refractivity contribution is -0.150. The van der Waals surface area contributed by atoms with Crippen LogP contribution in [0.1, 0.15) is 70.2 Å². The lowest BCUT2D eigenvalue weighted by atomic mass is 9.86. The number of likely N-dealkylation sites (tertiary alicyclic amines) is 1. The van der Waals surface area contributed by atoms with Crippen molar-refractivity contribution in [1.82, 2.24) is 19.9 Å². The molecule has 0 N–H and O–H groups in total. The maximum absolute atomic E-state index is 12.8. The third-order valence-electron chi connectivity index (χ3n) is 6.73. The van der Waals surface area contributed by atoms with Gasteiger partial charge in [0, 0.05) is 19.0 Å². The topological polar surface area (TPSA) is 78.7 Å². The molecule has 3 heterocycles. The molecule has 1 spiro atoms. The van der Waals surface area contributed by atoms with Crippen LogP contribution in [0, 0.1) is 5.92 Å². The summed E-state index contributed by atoms with van der Waals surface area (Å²) in [5.74, 6) is 0.609. The van der Waals surface area contributed by atoms with E-state index < -0.39 is 0 Å². The molecule has 8 heteroatoms. The van der Waals surface area contributed by atoms with E-state index in [2.05, 4.69) is 15.2 Å². The van der Waals surface area contributed by atoms with Crippen molar-refractivity contribution >= 4 is 5.91 Å². The first-order chi connectivity index (χ1) is 14.6. The van der Waals surface area contributed by atoms with Gasteiger partial charge in [-0.05, 0) is 39.5 Å². The highest BCUT2D eigenvalue weighted by molar-refractivity contribution is 5.79. The minimum atomic E-state index is -0.229. The third-order valence-corrected chi connectivity index (χ3v) is 6.73. The summed E-state index contributed by atoms with van der Waals surface area (Å²) in [6.07, 6.45) is 7.74. The van der Waals surface area contributed by atoms with Crippen LogP contribution in [0.3, 0.4) is 0 Å². The van der Waals surface area contributed by atoms with Crippen molar-refractivity contribution in [2.45, 2.75) is 90.3 Å². The highest BCUT2D eigenvalue weighted by Crippen LogP contribution is 2.35. The molecular weight excluding hydrogens is 384 g/mol. The van der Waals surface area contributed by atoms with Crippen LogP contribution < -0.4 is 0 Å². The molecule has 0 radical (unpaired) electrons. The zero-order chi connectivity index (χ0) is 21.0. The maximum atomic E-state index is 12.8. The molecular formula is C22H36N4O4. The van der Waals surface area contributed by atoms with E-state index in [1.54, 1.807) is 0 Å². The lowest BCUT2D eigenvalue weighted by Gasteiger charge is -2.44. The number of hydrogen-bond donors (Lipinski definition) is 0. The van der Waals surface area contributed by atoms with Crippen LogP contribution in [-0.2, 0) is 38.8 Å². The lowest BCUT2D eigenvalue weighted by Crippen LogP contribution is -2.53. The first-order valence-corrected chi connectivity index (χ1v) is 11.6. The minimum Gasteiger partial charge on any atom is -0.376 e. The zero-order valence-corrected chi connectivity index (χ0v) is 18.5. The summed E-state index contributed by atoms with van der Waals surface area (Å²) in [7, 11) is 0. The average Bonchev–Trinajstić information content (AvgIpc) is 3.15. The van der Waals surface area contributed by atoms with Crippen LogP contribution in [0.2, 0.25) is 0 Å². The van der Waals surface area contributed by atoms with Gasteiger partial charge in [-0.1, -0.05) is 24.5 Å². The Balaban J connectivity index is 1.26. The van der Waals surface area contributed by atoms with Crippen LogP contribution in [0.15, 0.2) is 0 Å². The number of nitrogens with zero attached hydrogens (tertiary/aromatic N) is 4. The number of rotatable bonds is 7. The van der Waals surface area contributed by atoms with Gasteiger partial charge in [0.2, 0.25) is 5.91 Å². The van der Waals surface area contributed by atoms with Crippen molar-refractivity contribution in [3.8, 4) is 0 Å².